The lowest BCUT2D eigenvalue weighted by Crippen LogP contribution is -2.41. The smallest absolute Gasteiger partial charge is 0.315 e. The largest absolute Gasteiger partial charge is 0.338 e. The first-order chi connectivity index (χ1) is 8.65. The van der Waals surface area contributed by atoms with E-state index in [0.29, 0.717) is 12.6 Å². The second-order valence-corrected chi connectivity index (χ2v) is 6.17. The van der Waals surface area contributed by atoms with Crippen molar-refractivity contribution in [1.29, 1.82) is 0 Å². The van der Waals surface area contributed by atoms with Crippen LogP contribution in [0.2, 0.25) is 0 Å². The highest BCUT2D eigenvalue weighted by Gasteiger charge is 2.16. The summed E-state index contributed by atoms with van der Waals surface area (Å²) in [5.41, 5.74) is 1.10. The number of aromatic nitrogens is 1. The van der Waals surface area contributed by atoms with Gasteiger partial charge in [-0.05, 0) is 26.7 Å². The molecule has 1 aliphatic rings. The molecule has 1 aromatic rings. The van der Waals surface area contributed by atoms with Crippen molar-refractivity contribution >= 4 is 17.4 Å². The molecule has 0 aromatic carbocycles. The van der Waals surface area contributed by atoms with Crippen molar-refractivity contribution in [3.63, 3.8) is 0 Å². The third kappa shape index (κ3) is 3.70. The summed E-state index contributed by atoms with van der Waals surface area (Å²) in [6.45, 7) is 4.76. The molecule has 2 N–H and O–H groups in total. The van der Waals surface area contributed by atoms with E-state index in [1.54, 1.807) is 11.3 Å². The standard InChI is InChI=1S/C13H21N3OS/c1-9-10(2)18-12(15-9)7-8-14-13(17)16-11-5-3-4-6-11/h11H,3-8H2,1-2H3,(H2,14,16,17). The molecule has 0 atom stereocenters. The summed E-state index contributed by atoms with van der Waals surface area (Å²) < 4.78 is 0. The van der Waals surface area contributed by atoms with Crippen molar-refractivity contribution < 1.29 is 4.79 Å². The van der Waals surface area contributed by atoms with Crippen LogP contribution in [-0.4, -0.2) is 23.6 Å². The Bertz CT molecular complexity index is 391. The fourth-order valence-corrected chi connectivity index (χ4v) is 3.17. The van der Waals surface area contributed by atoms with Gasteiger partial charge in [0.25, 0.3) is 0 Å². The Morgan fingerprint density at radius 2 is 2.11 bits per heavy atom. The zero-order chi connectivity index (χ0) is 13.0. The fourth-order valence-electron chi connectivity index (χ4n) is 2.24. The van der Waals surface area contributed by atoms with Crippen molar-refractivity contribution in [2.45, 2.75) is 52.0 Å². The Kier molecular flexibility index (Phi) is 4.58. The van der Waals surface area contributed by atoms with Gasteiger partial charge in [-0.15, -0.1) is 11.3 Å². The van der Waals surface area contributed by atoms with Gasteiger partial charge in [-0.25, -0.2) is 9.78 Å². The monoisotopic (exact) mass is 267 g/mol. The van der Waals surface area contributed by atoms with Crippen LogP contribution in [0.5, 0.6) is 0 Å². The normalized spacial score (nSPS) is 15.9. The van der Waals surface area contributed by atoms with Crippen molar-refractivity contribution in [3.8, 4) is 0 Å². The van der Waals surface area contributed by atoms with E-state index >= 15 is 0 Å². The number of nitrogens with one attached hydrogen (secondary N) is 2. The molecule has 0 saturated heterocycles. The maximum Gasteiger partial charge on any atom is 0.315 e. The second kappa shape index (κ2) is 6.18. The summed E-state index contributed by atoms with van der Waals surface area (Å²) in [5, 5.41) is 7.02. The van der Waals surface area contributed by atoms with Gasteiger partial charge in [-0.2, -0.15) is 0 Å². The van der Waals surface area contributed by atoms with Crippen LogP contribution in [-0.2, 0) is 6.42 Å². The molecule has 1 heterocycles. The summed E-state index contributed by atoms with van der Waals surface area (Å²) >= 11 is 1.72. The lowest BCUT2D eigenvalue weighted by molar-refractivity contribution is 0.237. The number of amides is 2. The van der Waals surface area contributed by atoms with Gasteiger partial charge < -0.3 is 10.6 Å². The quantitative estimate of drug-likeness (QED) is 0.881. The molecule has 0 bridgehead atoms. The van der Waals surface area contributed by atoms with Crippen LogP contribution in [0.3, 0.4) is 0 Å². The summed E-state index contributed by atoms with van der Waals surface area (Å²) in [7, 11) is 0. The summed E-state index contributed by atoms with van der Waals surface area (Å²) in [6, 6.07) is 0.348. The number of hydrogen-bond donors (Lipinski definition) is 2. The van der Waals surface area contributed by atoms with Crippen molar-refractivity contribution in [2.75, 3.05) is 6.54 Å². The first-order valence-corrected chi connectivity index (χ1v) is 7.44. The molecule has 0 radical (unpaired) electrons. The Labute approximate surface area is 112 Å². The summed E-state index contributed by atoms with van der Waals surface area (Å²) in [6.07, 6.45) is 5.54. The lowest BCUT2D eigenvalue weighted by atomic mass is 10.2. The highest BCUT2D eigenvalue weighted by atomic mass is 32.1. The number of carbonyl (C=O) groups is 1. The Hall–Kier alpha value is -1.10. The van der Waals surface area contributed by atoms with Gasteiger partial charge in [0.2, 0.25) is 0 Å². The molecular formula is C13H21N3OS. The molecule has 18 heavy (non-hydrogen) atoms. The molecule has 1 fully saturated rings. The van der Waals surface area contributed by atoms with Crippen LogP contribution in [0.15, 0.2) is 0 Å². The Balaban J connectivity index is 1.66. The highest BCUT2D eigenvalue weighted by molar-refractivity contribution is 7.11. The molecule has 0 aliphatic heterocycles. The van der Waals surface area contributed by atoms with Gasteiger partial charge in [0.1, 0.15) is 0 Å². The summed E-state index contributed by atoms with van der Waals surface area (Å²) in [5.74, 6) is 0. The average molecular weight is 267 g/mol. The number of hydrogen-bond acceptors (Lipinski definition) is 3. The molecular weight excluding hydrogens is 246 g/mol. The number of thiazole rings is 1. The molecule has 1 aromatic heterocycles. The first-order valence-electron chi connectivity index (χ1n) is 6.62. The molecule has 0 spiro atoms. The zero-order valence-corrected chi connectivity index (χ0v) is 11.9. The van der Waals surface area contributed by atoms with E-state index in [2.05, 4.69) is 22.5 Å². The van der Waals surface area contributed by atoms with E-state index in [9.17, 15) is 4.79 Å². The fraction of sp³-hybridized carbons (Fsp3) is 0.692. The predicted octanol–water partition coefficient (Wildman–Crippen LogP) is 2.54. The molecule has 4 nitrogen and oxygen atoms in total. The van der Waals surface area contributed by atoms with Crippen LogP contribution in [0, 0.1) is 13.8 Å². The Morgan fingerprint density at radius 3 is 2.72 bits per heavy atom. The first kappa shape index (κ1) is 13.3. The van der Waals surface area contributed by atoms with E-state index in [0.717, 1.165) is 30.0 Å². The molecule has 2 amide bonds. The van der Waals surface area contributed by atoms with Gasteiger partial charge in [-0.3, -0.25) is 0 Å². The van der Waals surface area contributed by atoms with E-state index in [1.165, 1.54) is 17.7 Å². The molecule has 1 aliphatic carbocycles. The minimum atomic E-state index is -0.0353. The predicted molar refractivity (Wildman–Crippen MR) is 74.1 cm³/mol. The number of urea groups is 1. The van der Waals surface area contributed by atoms with Gasteiger partial charge in [0, 0.05) is 23.9 Å². The molecule has 2 rings (SSSR count). The van der Waals surface area contributed by atoms with Gasteiger partial charge in [0.05, 0.1) is 10.7 Å². The number of aryl methyl sites for hydroxylation is 2. The number of rotatable bonds is 4. The topological polar surface area (TPSA) is 54.0 Å². The minimum absolute atomic E-state index is 0.0353. The second-order valence-electron chi connectivity index (χ2n) is 4.88. The Morgan fingerprint density at radius 1 is 1.39 bits per heavy atom. The molecule has 0 unspecified atom stereocenters. The zero-order valence-electron chi connectivity index (χ0n) is 11.1. The number of nitrogens with zero attached hydrogens (tertiary/aromatic N) is 1. The third-order valence-electron chi connectivity index (χ3n) is 3.39. The van der Waals surface area contributed by atoms with E-state index in [4.69, 9.17) is 0 Å². The van der Waals surface area contributed by atoms with Gasteiger partial charge in [-0.1, -0.05) is 12.8 Å². The summed E-state index contributed by atoms with van der Waals surface area (Å²) in [4.78, 5) is 17.3. The molecule has 5 heteroatoms. The minimum Gasteiger partial charge on any atom is -0.338 e. The van der Waals surface area contributed by atoms with E-state index in [1.807, 2.05) is 6.92 Å². The maximum atomic E-state index is 11.6. The highest BCUT2D eigenvalue weighted by Crippen LogP contribution is 2.17. The lowest BCUT2D eigenvalue weighted by Gasteiger charge is -2.12. The van der Waals surface area contributed by atoms with Crippen LogP contribution < -0.4 is 10.6 Å². The van der Waals surface area contributed by atoms with Crippen molar-refractivity contribution in [3.05, 3.63) is 15.6 Å². The van der Waals surface area contributed by atoms with Gasteiger partial charge in [0.15, 0.2) is 0 Å². The van der Waals surface area contributed by atoms with E-state index in [-0.39, 0.29) is 6.03 Å². The van der Waals surface area contributed by atoms with Crippen LogP contribution in [0.1, 0.15) is 41.3 Å². The van der Waals surface area contributed by atoms with Crippen LogP contribution in [0.25, 0.3) is 0 Å². The van der Waals surface area contributed by atoms with E-state index < -0.39 is 0 Å². The van der Waals surface area contributed by atoms with Crippen molar-refractivity contribution in [1.82, 2.24) is 15.6 Å². The molecule has 100 valence electrons. The SMILES string of the molecule is Cc1nc(CCNC(=O)NC2CCCC2)sc1C. The average Bonchev–Trinajstić information content (AvgIpc) is 2.90. The van der Waals surface area contributed by atoms with Crippen molar-refractivity contribution in [2.24, 2.45) is 0 Å². The molecule has 1 saturated carbocycles. The van der Waals surface area contributed by atoms with Crippen LogP contribution >= 0.6 is 11.3 Å². The maximum absolute atomic E-state index is 11.6. The third-order valence-corrected chi connectivity index (χ3v) is 4.52. The van der Waals surface area contributed by atoms with Gasteiger partial charge >= 0.3 is 6.03 Å². The van der Waals surface area contributed by atoms with Crippen LogP contribution in [0.4, 0.5) is 4.79 Å². The number of carbonyl (C=O) groups excluding carboxylic acids is 1.